The number of carbonyl (C=O) groups is 1. The highest BCUT2D eigenvalue weighted by Gasteiger charge is 2.54. The summed E-state index contributed by atoms with van der Waals surface area (Å²) in [5.41, 5.74) is 0.649. The second kappa shape index (κ2) is 4.63. The van der Waals surface area contributed by atoms with E-state index in [1.165, 1.54) is 0 Å². The molecule has 1 aromatic heterocycles. The number of hydrogen-bond donors (Lipinski definition) is 1. The van der Waals surface area contributed by atoms with Crippen LogP contribution in [0.5, 0.6) is 5.75 Å². The number of carboxylic acid groups (broad SMARTS) is 1. The molecule has 3 rings (SSSR count). The second-order valence-corrected chi connectivity index (χ2v) is 5.71. The number of methoxy groups -OCH3 is 1. The SMILES string of the molecule is COc1ccc(-n2cc(Br)c(C3(C(=O)O)CC3)n2)cc1. The summed E-state index contributed by atoms with van der Waals surface area (Å²) in [7, 11) is 1.61. The van der Waals surface area contributed by atoms with E-state index in [1.807, 2.05) is 24.3 Å². The van der Waals surface area contributed by atoms with Crippen LogP contribution < -0.4 is 4.74 Å². The van der Waals surface area contributed by atoms with Crippen molar-refractivity contribution in [2.75, 3.05) is 7.11 Å². The Morgan fingerprint density at radius 3 is 2.55 bits per heavy atom. The van der Waals surface area contributed by atoms with Crippen molar-refractivity contribution >= 4 is 21.9 Å². The molecule has 2 aromatic rings. The number of benzene rings is 1. The summed E-state index contributed by atoms with van der Waals surface area (Å²) in [5, 5.41) is 13.8. The van der Waals surface area contributed by atoms with Crippen LogP contribution in [0.15, 0.2) is 34.9 Å². The Hall–Kier alpha value is -1.82. The molecule has 0 atom stereocenters. The van der Waals surface area contributed by atoms with Gasteiger partial charge in [-0.1, -0.05) is 0 Å². The van der Waals surface area contributed by atoms with Gasteiger partial charge in [-0.05, 0) is 53.0 Å². The molecule has 104 valence electrons. The predicted molar refractivity (Wildman–Crippen MR) is 76.4 cm³/mol. The Bertz CT molecular complexity index is 660. The lowest BCUT2D eigenvalue weighted by atomic mass is 10.0. The third-order valence-corrected chi connectivity index (χ3v) is 4.20. The van der Waals surface area contributed by atoms with E-state index < -0.39 is 11.4 Å². The fourth-order valence-electron chi connectivity index (χ4n) is 2.22. The van der Waals surface area contributed by atoms with Crippen molar-refractivity contribution in [3.8, 4) is 11.4 Å². The number of ether oxygens (including phenoxy) is 1. The third-order valence-electron chi connectivity index (χ3n) is 3.62. The van der Waals surface area contributed by atoms with Crippen molar-refractivity contribution in [3.63, 3.8) is 0 Å². The Morgan fingerprint density at radius 2 is 2.05 bits per heavy atom. The largest absolute Gasteiger partial charge is 0.497 e. The predicted octanol–water partition coefficient (Wildman–Crippen LogP) is 2.76. The number of nitrogens with zero attached hydrogens (tertiary/aromatic N) is 2. The molecular formula is C14H13BrN2O3. The molecule has 1 fully saturated rings. The minimum absolute atomic E-state index is 0.598. The van der Waals surface area contributed by atoms with E-state index in [9.17, 15) is 9.90 Å². The summed E-state index contributed by atoms with van der Waals surface area (Å²) in [5.74, 6) is -0.0393. The van der Waals surface area contributed by atoms with Gasteiger partial charge in [0.2, 0.25) is 0 Å². The maximum absolute atomic E-state index is 11.4. The van der Waals surface area contributed by atoms with Crippen molar-refractivity contribution in [2.24, 2.45) is 0 Å². The van der Waals surface area contributed by atoms with E-state index in [2.05, 4.69) is 21.0 Å². The number of aliphatic carboxylic acids is 1. The number of halogens is 1. The first-order valence-electron chi connectivity index (χ1n) is 6.20. The topological polar surface area (TPSA) is 64.3 Å². The molecule has 1 saturated carbocycles. The molecule has 1 aliphatic carbocycles. The number of rotatable bonds is 4. The minimum Gasteiger partial charge on any atom is -0.497 e. The zero-order valence-corrected chi connectivity index (χ0v) is 12.4. The number of aromatic nitrogens is 2. The van der Waals surface area contributed by atoms with Crippen LogP contribution in [-0.4, -0.2) is 28.0 Å². The molecule has 1 N–H and O–H groups in total. The summed E-state index contributed by atoms with van der Waals surface area (Å²) in [6, 6.07) is 7.44. The molecule has 0 bridgehead atoms. The van der Waals surface area contributed by atoms with Crippen LogP contribution in [0.2, 0.25) is 0 Å². The van der Waals surface area contributed by atoms with Crippen molar-refractivity contribution in [2.45, 2.75) is 18.3 Å². The summed E-state index contributed by atoms with van der Waals surface area (Å²) in [6.07, 6.45) is 3.07. The van der Waals surface area contributed by atoms with Crippen LogP contribution in [0.3, 0.4) is 0 Å². The van der Waals surface area contributed by atoms with Gasteiger partial charge in [-0.25, -0.2) is 4.68 Å². The molecule has 0 radical (unpaired) electrons. The summed E-state index contributed by atoms with van der Waals surface area (Å²) in [4.78, 5) is 11.4. The molecule has 0 saturated heterocycles. The molecule has 0 spiro atoms. The quantitative estimate of drug-likeness (QED) is 0.932. The lowest BCUT2D eigenvalue weighted by Crippen LogP contribution is -2.20. The molecule has 1 aliphatic rings. The van der Waals surface area contributed by atoms with E-state index in [0.717, 1.165) is 15.9 Å². The molecule has 0 amide bonds. The highest BCUT2D eigenvalue weighted by atomic mass is 79.9. The molecule has 1 aromatic carbocycles. The smallest absolute Gasteiger partial charge is 0.315 e. The maximum atomic E-state index is 11.4. The van der Waals surface area contributed by atoms with E-state index in [-0.39, 0.29) is 0 Å². The second-order valence-electron chi connectivity index (χ2n) is 4.86. The van der Waals surface area contributed by atoms with Crippen LogP contribution in [0.4, 0.5) is 0 Å². The Kier molecular flexibility index (Phi) is 3.05. The Balaban J connectivity index is 1.98. The first kappa shape index (κ1) is 13.2. The third kappa shape index (κ3) is 2.00. The van der Waals surface area contributed by atoms with Gasteiger partial charge in [-0.2, -0.15) is 5.10 Å². The van der Waals surface area contributed by atoms with Crippen LogP contribution in [0.25, 0.3) is 5.69 Å². The highest BCUT2D eigenvalue weighted by molar-refractivity contribution is 9.10. The van der Waals surface area contributed by atoms with Crippen molar-refractivity contribution in [1.82, 2.24) is 9.78 Å². The Morgan fingerprint density at radius 1 is 1.40 bits per heavy atom. The lowest BCUT2D eigenvalue weighted by molar-refractivity contribution is -0.140. The van der Waals surface area contributed by atoms with E-state index in [0.29, 0.717) is 18.5 Å². The Labute approximate surface area is 124 Å². The first-order chi connectivity index (χ1) is 9.56. The van der Waals surface area contributed by atoms with Gasteiger partial charge in [0.15, 0.2) is 0 Å². The van der Waals surface area contributed by atoms with Crippen molar-refractivity contribution < 1.29 is 14.6 Å². The van der Waals surface area contributed by atoms with E-state index >= 15 is 0 Å². The minimum atomic E-state index is -0.809. The van der Waals surface area contributed by atoms with Crippen molar-refractivity contribution in [3.05, 3.63) is 40.6 Å². The zero-order chi connectivity index (χ0) is 14.3. The molecule has 5 nitrogen and oxygen atoms in total. The summed E-state index contributed by atoms with van der Waals surface area (Å²) in [6.45, 7) is 0. The number of carboxylic acids is 1. The molecular weight excluding hydrogens is 324 g/mol. The molecule has 6 heteroatoms. The average molecular weight is 337 g/mol. The zero-order valence-electron chi connectivity index (χ0n) is 10.8. The standard InChI is InChI=1S/C14H13BrN2O3/c1-20-10-4-2-9(3-5-10)17-8-11(15)12(16-17)14(6-7-14)13(18)19/h2-5,8H,6-7H2,1H3,(H,18,19). The first-order valence-corrected chi connectivity index (χ1v) is 6.99. The van der Waals surface area contributed by atoms with Crippen LogP contribution >= 0.6 is 15.9 Å². The maximum Gasteiger partial charge on any atom is 0.315 e. The molecule has 20 heavy (non-hydrogen) atoms. The van der Waals surface area contributed by atoms with Gasteiger partial charge in [0.05, 0.1) is 23.0 Å². The van der Waals surface area contributed by atoms with Crippen LogP contribution in [0, 0.1) is 0 Å². The fourth-order valence-corrected chi connectivity index (χ4v) is 2.87. The average Bonchev–Trinajstić information content (AvgIpc) is 3.17. The van der Waals surface area contributed by atoms with Gasteiger partial charge in [-0.3, -0.25) is 4.79 Å². The highest BCUT2D eigenvalue weighted by Crippen LogP contribution is 2.50. The number of hydrogen-bond acceptors (Lipinski definition) is 3. The lowest BCUT2D eigenvalue weighted by Gasteiger charge is -2.06. The van der Waals surface area contributed by atoms with Gasteiger partial charge in [0.25, 0.3) is 0 Å². The van der Waals surface area contributed by atoms with Gasteiger partial charge in [0, 0.05) is 6.20 Å². The van der Waals surface area contributed by atoms with E-state index in [1.54, 1.807) is 18.0 Å². The monoisotopic (exact) mass is 336 g/mol. The molecule has 0 unspecified atom stereocenters. The van der Waals surface area contributed by atoms with Gasteiger partial charge < -0.3 is 9.84 Å². The normalized spacial score (nSPS) is 15.9. The van der Waals surface area contributed by atoms with Crippen LogP contribution in [0.1, 0.15) is 18.5 Å². The van der Waals surface area contributed by atoms with Gasteiger partial charge in [0.1, 0.15) is 11.2 Å². The molecule has 1 heterocycles. The fraction of sp³-hybridized carbons (Fsp3) is 0.286. The molecule has 0 aliphatic heterocycles. The van der Waals surface area contributed by atoms with Crippen LogP contribution in [-0.2, 0) is 10.2 Å². The van der Waals surface area contributed by atoms with Gasteiger partial charge in [-0.15, -0.1) is 0 Å². The van der Waals surface area contributed by atoms with Crippen molar-refractivity contribution in [1.29, 1.82) is 0 Å². The summed E-state index contributed by atoms with van der Waals surface area (Å²) >= 11 is 3.42. The van der Waals surface area contributed by atoms with E-state index in [4.69, 9.17) is 4.74 Å². The summed E-state index contributed by atoms with van der Waals surface area (Å²) < 4.78 is 7.53. The van der Waals surface area contributed by atoms with Gasteiger partial charge >= 0.3 is 5.97 Å².